The minimum Gasteiger partial charge on any atom is -0.324 e. The summed E-state index contributed by atoms with van der Waals surface area (Å²) in [6.07, 6.45) is -5.30. The SMILES string of the molecule is O=C(Cc1cccc(C(F)(F)F)c1F)Nc1c(Cl)ccc2c1CCN(S(=O)(=O)c1ccc3ccccc3c1)C2. The highest BCUT2D eigenvalue weighted by molar-refractivity contribution is 7.89. The first-order chi connectivity index (χ1) is 18.4. The van der Waals surface area contributed by atoms with Crippen molar-refractivity contribution in [2.24, 2.45) is 0 Å². The van der Waals surface area contributed by atoms with Gasteiger partial charge >= 0.3 is 6.18 Å². The number of anilines is 1. The molecule has 202 valence electrons. The molecule has 0 saturated carbocycles. The molecule has 0 unspecified atom stereocenters. The second kappa shape index (κ2) is 10.3. The molecule has 0 radical (unpaired) electrons. The minimum absolute atomic E-state index is 0.0345. The van der Waals surface area contributed by atoms with Gasteiger partial charge < -0.3 is 5.32 Å². The number of amides is 1. The highest BCUT2D eigenvalue weighted by atomic mass is 35.5. The molecule has 1 amide bonds. The van der Waals surface area contributed by atoms with Crippen LogP contribution in [0.15, 0.2) is 77.7 Å². The van der Waals surface area contributed by atoms with Crippen molar-refractivity contribution in [2.45, 2.75) is 30.5 Å². The van der Waals surface area contributed by atoms with E-state index in [2.05, 4.69) is 5.32 Å². The fourth-order valence-corrected chi connectivity index (χ4v) is 6.39. The first kappa shape index (κ1) is 27.1. The second-order valence-corrected chi connectivity index (χ2v) is 11.5. The van der Waals surface area contributed by atoms with Crippen LogP contribution in [0.1, 0.15) is 22.3 Å². The number of hydrogen-bond acceptors (Lipinski definition) is 3. The number of benzene rings is 4. The standard InChI is InChI=1S/C28H21ClF4N2O3S/c29-24-11-9-20-16-35(39(37,38)21-10-8-17-4-1-2-5-18(17)14-21)13-12-22(20)27(24)34-25(36)15-19-6-3-7-23(26(19)30)28(31,32)33/h1-11,14H,12-13,15-16H2,(H,34,36). The summed E-state index contributed by atoms with van der Waals surface area (Å²) in [7, 11) is -3.82. The van der Waals surface area contributed by atoms with Gasteiger partial charge in [-0.1, -0.05) is 60.1 Å². The molecule has 0 spiro atoms. The van der Waals surface area contributed by atoms with Gasteiger partial charge in [0.15, 0.2) is 0 Å². The van der Waals surface area contributed by atoms with Crippen molar-refractivity contribution in [1.82, 2.24) is 4.31 Å². The Morgan fingerprint density at radius 3 is 2.46 bits per heavy atom. The predicted molar refractivity (Wildman–Crippen MR) is 140 cm³/mol. The number of carbonyl (C=O) groups is 1. The Balaban J connectivity index is 1.37. The summed E-state index contributed by atoms with van der Waals surface area (Å²) in [6.45, 7) is 0.153. The molecule has 4 aromatic carbocycles. The van der Waals surface area contributed by atoms with Crippen molar-refractivity contribution in [3.05, 3.63) is 106 Å². The molecule has 1 N–H and O–H groups in total. The quantitative estimate of drug-likeness (QED) is 0.273. The summed E-state index contributed by atoms with van der Waals surface area (Å²) >= 11 is 6.33. The Kier molecular flexibility index (Phi) is 7.13. The molecule has 1 heterocycles. The molecule has 0 bridgehead atoms. The number of hydrogen-bond donors (Lipinski definition) is 1. The van der Waals surface area contributed by atoms with E-state index in [0.717, 1.165) is 22.9 Å². The Morgan fingerprint density at radius 1 is 0.974 bits per heavy atom. The van der Waals surface area contributed by atoms with Crippen LogP contribution >= 0.6 is 11.6 Å². The van der Waals surface area contributed by atoms with Gasteiger partial charge in [-0.3, -0.25) is 4.79 Å². The van der Waals surface area contributed by atoms with Gasteiger partial charge in [0, 0.05) is 13.1 Å². The van der Waals surface area contributed by atoms with Gasteiger partial charge in [-0.25, -0.2) is 12.8 Å². The van der Waals surface area contributed by atoms with Crippen LogP contribution in [0.4, 0.5) is 23.2 Å². The summed E-state index contributed by atoms with van der Waals surface area (Å²) in [5.74, 6) is -2.26. The van der Waals surface area contributed by atoms with E-state index in [1.165, 1.54) is 10.4 Å². The van der Waals surface area contributed by atoms with E-state index < -0.39 is 45.5 Å². The van der Waals surface area contributed by atoms with Gasteiger partial charge in [-0.2, -0.15) is 17.5 Å². The fourth-order valence-electron chi connectivity index (χ4n) is 4.71. The lowest BCUT2D eigenvalue weighted by atomic mass is 9.98. The fraction of sp³-hybridized carbons (Fsp3) is 0.179. The summed E-state index contributed by atoms with van der Waals surface area (Å²) < 4.78 is 81.7. The normalized spacial score (nSPS) is 14.3. The summed E-state index contributed by atoms with van der Waals surface area (Å²) in [4.78, 5) is 12.9. The molecule has 5 rings (SSSR count). The van der Waals surface area contributed by atoms with Crippen LogP contribution in [0.3, 0.4) is 0 Å². The van der Waals surface area contributed by atoms with Gasteiger partial charge in [-0.05, 0) is 58.1 Å². The number of fused-ring (bicyclic) bond motifs is 2. The van der Waals surface area contributed by atoms with Crippen LogP contribution in [-0.4, -0.2) is 25.2 Å². The maximum absolute atomic E-state index is 14.4. The molecule has 0 aliphatic carbocycles. The lowest BCUT2D eigenvalue weighted by Crippen LogP contribution is -2.36. The zero-order valence-electron chi connectivity index (χ0n) is 20.2. The maximum atomic E-state index is 14.4. The molecule has 5 nitrogen and oxygen atoms in total. The van der Waals surface area contributed by atoms with Gasteiger partial charge in [0.05, 0.1) is 27.6 Å². The Bertz CT molecular complexity index is 1710. The molecular formula is C28H21ClF4N2O3S. The number of halogens is 5. The molecular weight excluding hydrogens is 556 g/mol. The number of alkyl halides is 3. The molecule has 0 aromatic heterocycles. The molecule has 1 aliphatic heterocycles. The lowest BCUT2D eigenvalue weighted by Gasteiger charge is -2.30. The van der Waals surface area contributed by atoms with Crippen LogP contribution in [0.25, 0.3) is 10.8 Å². The zero-order chi connectivity index (χ0) is 27.9. The van der Waals surface area contributed by atoms with E-state index in [1.807, 2.05) is 24.3 Å². The van der Waals surface area contributed by atoms with Gasteiger partial charge in [0.1, 0.15) is 5.82 Å². The average Bonchev–Trinajstić information content (AvgIpc) is 2.90. The highest BCUT2D eigenvalue weighted by Gasteiger charge is 2.35. The van der Waals surface area contributed by atoms with Crippen molar-refractivity contribution in [2.75, 3.05) is 11.9 Å². The van der Waals surface area contributed by atoms with Crippen LogP contribution in [0.5, 0.6) is 0 Å². The van der Waals surface area contributed by atoms with Gasteiger partial charge in [0.25, 0.3) is 0 Å². The van der Waals surface area contributed by atoms with Crippen LogP contribution in [-0.2, 0) is 40.4 Å². The third-order valence-corrected chi connectivity index (χ3v) is 8.83. The number of nitrogens with one attached hydrogen (secondary N) is 1. The van der Waals surface area contributed by atoms with Gasteiger partial charge in [-0.15, -0.1) is 0 Å². The smallest absolute Gasteiger partial charge is 0.324 e. The van der Waals surface area contributed by atoms with E-state index in [0.29, 0.717) is 17.2 Å². The number of sulfonamides is 1. The first-order valence-corrected chi connectivity index (χ1v) is 13.7. The van der Waals surface area contributed by atoms with E-state index in [4.69, 9.17) is 11.6 Å². The third kappa shape index (κ3) is 5.36. The van der Waals surface area contributed by atoms with Crippen LogP contribution in [0, 0.1) is 5.82 Å². The van der Waals surface area contributed by atoms with Crippen molar-refractivity contribution in [3.63, 3.8) is 0 Å². The zero-order valence-corrected chi connectivity index (χ0v) is 21.8. The van der Waals surface area contributed by atoms with Crippen molar-refractivity contribution >= 4 is 44.0 Å². The van der Waals surface area contributed by atoms with E-state index in [-0.39, 0.29) is 35.1 Å². The molecule has 0 saturated heterocycles. The van der Waals surface area contributed by atoms with Crippen molar-refractivity contribution in [3.8, 4) is 0 Å². The average molecular weight is 577 g/mol. The number of nitrogens with zero attached hydrogens (tertiary/aromatic N) is 1. The predicted octanol–water partition coefficient (Wildman–Crippen LogP) is 6.58. The Morgan fingerprint density at radius 2 is 1.72 bits per heavy atom. The van der Waals surface area contributed by atoms with E-state index in [9.17, 15) is 30.8 Å². The molecule has 4 aromatic rings. The molecule has 39 heavy (non-hydrogen) atoms. The molecule has 11 heteroatoms. The summed E-state index contributed by atoms with van der Waals surface area (Å²) in [5.41, 5.74) is -0.387. The van der Waals surface area contributed by atoms with Crippen LogP contribution < -0.4 is 5.32 Å². The largest absolute Gasteiger partial charge is 0.419 e. The summed E-state index contributed by atoms with van der Waals surface area (Å²) in [6, 6.07) is 18.3. The third-order valence-electron chi connectivity index (χ3n) is 6.68. The monoisotopic (exact) mass is 576 g/mol. The first-order valence-electron chi connectivity index (χ1n) is 11.9. The highest BCUT2D eigenvalue weighted by Crippen LogP contribution is 2.36. The molecule has 0 atom stereocenters. The second-order valence-electron chi connectivity index (χ2n) is 9.16. The van der Waals surface area contributed by atoms with Crippen molar-refractivity contribution < 1.29 is 30.8 Å². The Hall–Kier alpha value is -3.47. The van der Waals surface area contributed by atoms with Crippen LogP contribution in [0.2, 0.25) is 5.02 Å². The maximum Gasteiger partial charge on any atom is 0.419 e. The summed E-state index contributed by atoms with van der Waals surface area (Å²) in [5, 5.41) is 4.48. The number of carbonyl (C=O) groups excluding carboxylic acids is 1. The minimum atomic E-state index is -4.89. The van der Waals surface area contributed by atoms with E-state index >= 15 is 0 Å². The van der Waals surface area contributed by atoms with E-state index in [1.54, 1.807) is 24.3 Å². The van der Waals surface area contributed by atoms with Crippen molar-refractivity contribution in [1.29, 1.82) is 0 Å². The molecule has 1 aliphatic rings. The topological polar surface area (TPSA) is 66.5 Å². The van der Waals surface area contributed by atoms with Gasteiger partial charge in [0.2, 0.25) is 15.9 Å². The Labute approximate surface area is 227 Å². The molecule has 0 fully saturated rings. The number of rotatable bonds is 5. The lowest BCUT2D eigenvalue weighted by molar-refractivity contribution is -0.140.